The lowest BCUT2D eigenvalue weighted by Gasteiger charge is -2.24. The predicted octanol–water partition coefficient (Wildman–Crippen LogP) is 3.85. The molecule has 0 aliphatic carbocycles. The lowest BCUT2D eigenvalue weighted by atomic mass is 10.1. The summed E-state index contributed by atoms with van der Waals surface area (Å²) in [6.45, 7) is 6.04. The van der Waals surface area contributed by atoms with Gasteiger partial charge in [0.1, 0.15) is 17.5 Å². The number of aromatic hydroxyl groups is 1. The van der Waals surface area contributed by atoms with Crippen LogP contribution in [0.5, 0.6) is 23.0 Å². The molecular formula is C31H36N4O7. The molecule has 3 heterocycles. The van der Waals surface area contributed by atoms with Gasteiger partial charge in [-0.15, -0.1) is 0 Å². The van der Waals surface area contributed by atoms with Crippen molar-refractivity contribution in [1.29, 1.82) is 0 Å². The molecule has 3 amide bonds. The molecule has 5 rings (SSSR count). The number of phenols is 1. The van der Waals surface area contributed by atoms with Gasteiger partial charge in [-0.2, -0.15) is 0 Å². The summed E-state index contributed by atoms with van der Waals surface area (Å²) in [6.07, 6.45) is 1.18. The highest BCUT2D eigenvalue weighted by Gasteiger charge is 2.40. The van der Waals surface area contributed by atoms with Crippen LogP contribution in [0.4, 0.5) is 0 Å². The molecule has 0 spiro atoms. The number of amides is 3. The summed E-state index contributed by atoms with van der Waals surface area (Å²) in [5.41, 5.74) is 1.93. The first-order valence-electron chi connectivity index (χ1n) is 14.1. The summed E-state index contributed by atoms with van der Waals surface area (Å²) in [5, 5.41) is 16.5. The van der Waals surface area contributed by atoms with Crippen molar-refractivity contribution >= 4 is 17.7 Å². The average molecular weight is 577 g/mol. The molecule has 11 heteroatoms. The van der Waals surface area contributed by atoms with E-state index in [-0.39, 0.29) is 60.7 Å². The van der Waals surface area contributed by atoms with Gasteiger partial charge in [0.2, 0.25) is 23.6 Å². The normalized spacial score (nSPS) is 18.9. The summed E-state index contributed by atoms with van der Waals surface area (Å²) >= 11 is 0. The van der Waals surface area contributed by atoms with Gasteiger partial charge in [-0.05, 0) is 61.6 Å². The maximum atomic E-state index is 13.5. The largest absolute Gasteiger partial charge is 0.504 e. The smallest absolute Gasteiger partial charge is 0.243 e. The second-order valence-corrected chi connectivity index (χ2v) is 11.2. The minimum Gasteiger partial charge on any atom is -0.504 e. The number of benzene rings is 2. The van der Waals surface area contributed by atoms with Gasteiger partial charge in [0, 0.05) is 31.0 Å². The number of methoxy groups -OCH3 is 1. The van der Waals surface area contributed by atoms with E-state index in [0.717, 1.165) is 5.56 Å². The summed E-state index contributed by atoms with van der Waals surface area (Å²) in [6, 6.07) is 9.04. The quantitative estimate of drug-likeness (QED) is 0.425. The van der Waals surface area contributed by atoms with E-state index in [9.17, 15) is 19.5 Å². The number of phenolic OH excluding ortho intramolecular Hbond substituents is 1. The van der Waals surface area contributed by atoms with Gasteiger partial charge >= 0.3 is 0 Å². The van der Waals surface area contributed by atoms with Crippen LogP contribution in [-0.2, 0) is 27.3 Å². The first-order chi connectivity index (χ1) is 20.1. The summed E-state index contributed by atoms with van der Waals surface area (Å²) in [4.78, 5) is 45.5. The van der Waals surface area contributed by atoms with E-state index < -0.39 is 6.04 Å². The molecule has 42 heavy (non-hydrogen) atoms. The van der Waals surface area contributed by atoms with Crippen LogP contribution in [-0.4, -0.2) is 58.5 Å². The van der Waals surface area contributed by atoms with Gasteiger partial charge in [0.25, 0.3) is 0 Å². The fourth-order valence-electron chi connectivity index (χ4n) is 5.32. The molecule has 11 nitrogen and oxygen atoms in total. The Morgan fingerprint density at radius 1 is 1.19 bits per heavy atom. The molecule has 2 aliphatic heterocycles. The standard InChI is InChI=1S/C31H36N4O7/c1-17(2)11-28(37)33-21-14-23-30(39)32-15-22-18(3)41-31(34-22)20-7-9-25(40-4)27(13-20)42-26-12-19(5-8-24(26)36)6-10-29(38)35(23)16-21/h5,7-9,12-13,17,21,23,36H,6,10-11,14-16H2,1-4H3,(H,32,39)(H,33,37)/t21-,23-/m0/s1. The third kappa shape index (κ3) is 6.35. The van der Waals surface area contributed by atoms with E-state index in [0.29, 0.717) is 53.7 Å². The van der Waals surface area contributed by atoms with Crippen molar-refractivity contribution in [3.63, 3.8) is 0 Å². The van der Waals surface area contributed by atoms with Crippen molar-refractivity contribution in [3.05, 3.63) is 53.4 Å². The number of aromatic nitrogens is 1. The lowest BCUT2D eigenvalue weighted by Crippen LogP contribution is -2.46. The summed E-state index contributed by atoms with van der Waals surface area (Å²) in [7, 11) is 1.52. The van der Waals surface area contributed by atoms with E-state index in [2.05, 4.69) is 15.6 Å². The number of carbonyl (C=O) groups excluding carboxylic acids is 3. The Morgan fingerprint density at radius 2 is 2.00 bits per heavy atom. The second kappa shape index (κ2) is 12.1. The van der Waals surface area contributed by atoms with E-state index in [1.165, 1.54) is 13.2 Å². The molecule has 1 saturated heterocycles. The van der Waals surface area contributed by atoms with Gasteiger partial charge in [-0.3, -0.25) is 14.4 Å². The van der Waals surface area contributed by atoms with Gasteiger partial charge in [0.15, 0.2) is 23.0 Å². The van der Waals surface area contributed by atoms with Crippen LogP contribution in [0.1, 0.15) is 50.1 Å². The molecule has 3 N–H and O–H groups in total. The number of ether oxygens (including phenoxy) is 2. The molecule has 0 saturated carbocycles. The Balaban J connectivity index is 1.48. The number of rotatable bonds is 4. The zero-order valence-electron chi connectivity index (χ0n) is 24.2. The maximum Gasteiger partial charge on any atom is 0.243 e. The molecule has 2 atom stereocenters. The average Bonchev–Trinajstić information content (AvgIpc) is 3.54. The highest BCUT2D eigenvalue weighted by molar-refractivity contribution is 5.89. The van der Waals surface area contributed by atoms with Crippen LogP contribution in [0.2, 0.25) is 0 Å². The number of nitrogens with zero attached hydrogens (tertiary/aromatic N) is 2. The third-order valence-corrected chi connectivity index (χ3v) is 7.49. The zero-order valence-corrected chi connectivity index (χ0v) is 24.2. The molecule has 2 aliphatic rings. The maximum absolute atomic E-state index is 13.5. The number of oxazole rings is 1. The van der Waals surface area contributed by atoms with Crippen molar-refractivity contribution in [2.24, 2.45) is 5.92 Å². The van der Waals surface area contributed by atoms with Crippen LogP contribution in [0.3, 0.4) is 0 Å². The van der Waals surface area contributed by atoms with Crippen molar-refractivity contribution in [3.8, 4) is 34.5 Å². The molecule has 1 aromatic heterocycles. The number of fused-ring (bicyclic) bond motifs is 8. The van der Waals surface area contributed by atoms with Crippen molar-refractivity contribution < 1.29 is 33.4 Å². The lowest BCUT2D eigenvalue weighted by molar-refractivity contribution is -0.138. The first-order valence-corrected chi connectivity index (χ1v) is 14.1. The van der Waals surface area contributed by atoms with Gasteiger partial charge in [-0.1, -0.05) is 19.9 Å². The van der Waals surface area contributed by atoms with E-state index in [4.69, 9.17) is 13.9 Å². The topological polar surface area (TPSA) is 143 Å². The molecule has 2 aromatic carbocycles. The van der Waals surface area contributed by atoms with Crippen LogP contribution in [0.25, 0.3) is 11.5 Å². The van der Waals surface area contributed by atoms with Crippen molar-refractivity contribution in [2.45, 2.75) is 65.1 Å². The summed E-state index contributed by atoms with van der Waals surface area (Å²) in [5.74, 6) is 1.34. The van der Waals surface area contributed by atoms with Gasteiger partial charge in [-0.25, -0.2) is 4.98 Å². The molecular weight excluding hydrogens is 540 g/mol. The monoisotopic (exact) mass is 576 g/mol. The Morgan fingerprint density at radius 3 is 2.76 bits per heavy atom. The number of hydrogen-bond donors (Lipinski definition) is 3. The van der Waals surface area contributed by atoms with Crippen molar-refractivity contribution in [1.82, 2.24) is 20.5 Å². The second-order valence-electron chi connectivity index (χ2n) is 11.2. The van der Waals surface area contributed by atoms with Gasteiger partial charge < -0.3 is 34.5 Å². The number of nitrogens with one attached hydrogen (secondary N) is 2. The SMILES string of the molecule is COc1ccc2cc1Oc1cc(ccc1O)CCC(=O)N1C[C@@H](NC(=O)CC(C)C)C[C@H]1C(=O)NCc1nc-2oc1C. The Labute approximate surface area is 244 Å². The Kier molecular flexibility index (Phi) is 8.37. The Hall–Kier alpha value is -4.54. The number of aryl methyl sites for hydroxylation is 2. The van der Waals surface area contributed by atoms with E-state index in [1.54, 1.807) is 42.2 Å². The molecule has 1 fully saturated rings. The van der Waals surface area contributed by atoms with Crippen LogP contribution >= 0.6 is 0 Å². The minimum atomic E-state index is -0.740. The van der Waals surface area contributed by atoms with Gasteiger partial charge in [0.05, 0.1) is 13.7 Å². The fraction of sp³-hybridized carbons (Fsp3) is 0.419. The van der Waals surface area contributed by atoms with E-state index >= 15 is 0 Å². The molecule has 6 bridgehead atoms. The molecule has 0 radical (unpaired) electrons. The van der Waals surface area contributed by atoms with E-state index in [1.807, 2.05) is 13.8 Å². The van der Waals surface area contributed by atoms with Crippen molar-refractivity contribution in [2.75, 3.05) is 13.7 Å². The number of hydrogen-bond acceptors (Lipinski definition) is 8. The Bertz CT molecular complexity index is 1500. The van der Waals surface area contributed by atoms with Crippen LogP contribution in [0.15, 0.2) is 40.8 Å². The molecule has 3 aromatic rings. The van der Waals surface area contributed by atoms with Crippen LogP contribution in [0, 0.1) is 12.8 Å². The third-order valence-electron chi connectivity index (χ3n) is 7.49. The predicted molar refractivity (Wildman–Crippen MR) is 153 cm³/mol. The highest BCUT2D eigenvalue weighted by atomic mass is 16.5. The molecule has 0 unspecified atom stereocenters. The van der Waals surface area contributed by atoms with Crippen LogP contribution < -0.4 is 20.1 Å². The molecule has 222 valence electrons. The highest BCUT2D eigenvalue weighted by Crippen LogP contribution is 2.39. The minimum absolute atomic E-state index is 0.0718. The summed E-state index contributed by atoms with van der Waals surface area (Å²) < 4.78 is 17.5. The first kappa shape index (κ1) is 29.0. The number of carbonyl (C=O) groups is 3. The fourth-order valence-corrected chi connectivity index (χ4v) is 5.32. The zero-order chi connectivity index (χ0) is 30.0.